The number of hydrogen-bond acceptors (Lipinski definition) is 2. The Morgan fingerprint density at radius 3 is 2.92 bits per heavy atom. The van der Waals surface area contributed by atoms with E-state index in [1.807, 2.05) is 19.9 Å². The Labute approximate surface area is 72.9 Å². The molecule has 1 rings (SSSR count). The van der Waals surface area contributed by atoms with Crippen molar-refractivity contribution in [2.24, 2.45) is 5.92 Å². The van der Waals surface area contributed by atoms with E-state index < -0.39 is 0 Å². The van der Waals surface area contributed by atoms with Gasteiger partial charge in [0.25, 0.3) is 0 Å². The summed E-state index contributed by atoms with van der Waals surface area (Å²) in [5.41, 5.74) is 1.94. The second kappa shape index (κ2) is 3.57. The molecule has 66 valence electrons. The Morgan fingerprint density at radius 2 is 2.33 bits per heavy atom. The number of ether oxygens (including phenoxy) is 1. The van der Waals surface area contributed by atoms with E-state index in [4.69, 9.17) is 4.74 Å². The normalized spacial score (nSPS) is 27.2. The van der Waals surface area contributed by atoms with Gasteiger partial charge in [0.05, 0.1) is 13.4 Å². The molecule has 12 heavy (non-hydrogen) atoms. The van der Waals surface area contributed by atoms with Crippen LogP contribution in [0.2, 0.25) is 0 Å². The van der Waals surface area contributed by atoms with Crippen LogP contribution in [0.4, 0.5) is 0 Å². The van der Waals surface area contributed by atoms with E-state index in [0.29, 0.717) is 12.3 Å². The molecule has 0 fully saturated rings. The van der Waals surface area contributed by atoms with Crippen molar-refractivity contribution < 1.29 is 9.53 Å². The third-order valence-corrected chi connectivity index (χ3v) is 2.14. The van der Waals surface area contributed by atoms with Crippen molar-refractivity contribution in [2.45, 2.75) is 20.3 Å². The first-order valence-electron chi connectivity index (χ1n) is 4.09. The highest BCUT2D eigenvalue weighted by Crippen LogP contribution is 2.24. The summed E-state index contributed by atoms with van der Waals surface area (Å²) in [7, 11) is 1.62. The average Bonchev–Trinajstić information content (AvgIpc) is 2.01. The lowest BCUT2D eigenvalue weighted by Gasteiger charge is -2.17. The highest BCUT2D eigenvalue weighted by atomic mass is 16.5. The van der Waals surface area contributed by atoms with E-state index in [1.54, 1.807) is 13.4 Å². The van der Waals surface area contributed by atoms with E-state index in [0.717, 1.165) is 11.1 Å². The molecule has 0 N–H and O–H groups in total. The number of allylic oxidation sites excluding steroid dienone is 3. The van der Waals surface area contributed by atoms with Crippen LogP contribution < -0.4 is 0 Å². The number of ketones is 1. The standard InChI is InChI=1S/C10H14O2/c1-7-5-10(11)8(2)4-9(7)6-12-3/h4,6-7H,5H2,1-3H3/b9-6-. The van der Waals surface area contributed by atoms with Crippen LogP contribution in [0.15, 0.2) is 23.5 Å². The maximum atomic E-state index is 11.2. The summed E-state index contributed by atoms with van der Waals surface area (Å²) in [6, 6.07) is 0. The zero-order valence-electron chi connectivity index (χ0n) is 7.76. The van der Waals surface area contributed by atoms with Crippen LogP contribution >= 0.6 is 0 Å². The summed E-state index contributed by atoms with van der Waals surface area (Å²) in [4.78, 5) is 11.2. The number of carbonyl (C=O) groups excluding carboxylic acids is 1. The number of hydrogen-bond donors (Lipinski definition) is 0. The summed E-state index contributed by atoms with van der Waals surface area (Å²) in [6.07, 6.45) is 4.22. The Balaban J connectivity index is 2.90. The molecule has 0 saturated carbocycles. The molecule has 0 aromatic heterocycles. The molecule has 0 aromatic rings. The minimum Gasteiger partial charge on any atom is -0.504 e. The first-order chi connectivity index (χ1) is 5.65. The molecule has 1 aliphatic rings. The van der Waals surface area contributed by atoms with Gasteiger partial charge < -0.3 is 4.74 Å². The lowest BCUT2D eigenvalue weighted by Crippen LogP contribution is -2.14. The molecule has 0 amide bonds. The van der Waals surface area contributed by atoms with E-state index in [2.05, 4.69) is 0 Å². The zero-order chi connectivity index (χ0) is 9.14. The topological polar surface area (TPSA) is 26.3 Å². The number of methoxy groups -OCH3 is 1. The van der Waals surface area contributed by atoms with Gasteiger partial charge in [-0.2, -0.15) is 0 Å². The number of Topliss-reactive ketones (excluding diaryl/α,β-unsaturated/α-hetero) is 1. The van der Waals surface area contributed by atoms with Crippen molar-refractivity contribution in [3.8, 4) is 0 Å². The largest absolute Gasteiger partial charge is 0.504 e. The SMILES string of the molecule is CO/C=C1/C=C(C)C(=O)CC1C. The van der Waals surface area contributed by atoms with Gasteiger partial charge in [0.15, 0.2) is 5.78 Å². The summed E-state index contributed by atoms with van der Waals surface area (Å²) in [5.74, 6) is 0.539. The van der Waals surface area contributed by atoms with Crippen molar-refractivity contribution >= 4 is 5.78 Å². The molecule has 1 atom stereocenters. The van der Waals surface area contributed by atoms with Gasteiger partial charge in [-0.3, -0.25) is 4.79 Å². The molecule has 2 nitrogen and oxygen atoms in total. The third kappa shape index (κ3) is 1.76. The molecular weight excluding hydrogens is 152 g/mol. The van der Waals surface area contributed by atoms with Crippen molar-refractivity contribution in [2.75, 3.05) is 7.11 Å². The third-order valence-electron chi connectivity index (χ3n) is 2.14. The average molecular weight is 166 g/mol. The molecule has 2 heteroatoms. The van der Waals surface area contributed by atoms with Gasteiger partial charge >= 0.3 is 0 Å². The fraction of sp³-hybridized carbons (Fsp3) is 0.500. The van der Waals surface area contributed by atoms with Crippen molar-refractivity contribution in [1.29, 1.82) is 0 Å². The van der Waals surface area contributed by atoms with Gasteiger partial charge in [0.2, 0.25) is 0 Å². The molecule has 0 spiro atoms. The van der Waals surface area contributed by atoms with Crippen LogP contribution in [0.1, 0.15) is 20.3 Å². The van der Waals surface area contributed by atoms with Crippen LogP contribution in [0.5, 0.6) is 0 Å². The monoisotopic (exact) mass is 166 g/mol. The molecule has 0 heterocycles. The molecular formula is C10H14O2. The van der Waals surface area contributed by atoms with Gasteiger partial charge in [-0.15, -0.1) is 0 Å². The fourth-order valence-corrected chi connectivity index (χ4v) is 1.32. The van der Waals surface area contributed by atoms with Crippen molar-refractivity contribution in [3.05, 3.63) is 23.5 Å². The number of rotatable bonds is 1. The van der Waals surface area contributed by atoms with Crippen LogP contribution in [0.3, 0.4) is 0 Å². The minimum atomic E-state index is 0.246. The van der Waals surface area contributed by atoms with E-state index in [-0.39, 0.29) is 5.78 Å². The maximum absolute atomic E-state index is 11.2. The van der Waals surface area contributed by atoms with Gasteiger partial charge in [0, 0.05) is 6.42 Å². The van der Waals surface area contributed by atoms with Crippen LogP contribution in [-0.2, 0) is 9.53 Å². The molecule has 0 aliphatic heterocycles. The Kier molecular flexibility index (Phi) is 2.69. The quantitative estimate of drug-likeness (QED) is 0.557. The van der Waals surface area contributed by atoms with Crippen LogP contribution in [0, 0.1) is 5.92 Å². The smallest absolute Gasteiger partial charge is 0.159 e. The molecule has 1 aliphatic carbocycles. The predicted molar refractivity (Wildman–Crippen MR) is 47.6 cm³/mol. The predicted octanol–water partition coefficient (Wildman–Crippen LogP) is 2.07. The minimum absolute atomic E-state index is 0.246. The summed E-state index contributed by atoms with van der Waals surface area (Å²) < 4.78 is 4.92. The second-order valence-electron chi connectivity index (χ2n) is 3.21. The summed E-state index contributed by atoms with van der Waals surface area (Å²) >= 11 is 0. The summed E-state index contributed by atoms with van der Waals surface area (Å²) in [6.45, 7) is 3.88. The fourth-order valence-electron chi connectivity index (χ4n) is 1.32. The molecule has 0 radical (unpaired) electrons. The lowest BCUT2D eigenvalue weighted by molar-refractivity contribution is -0.116. The van der Waals surface area contributed by atoms with Crippen molar-refractivity contribution in [1.82, 2.24) is 0 Å². The van der Waals surface area contributed by atoms with Gasteiger partial charge in [-0.25, -0.2) is 0 Å². The number of carbonyl (C=O) groups is 1. The molecule has 1 unspecified atom stereocenters. The highest BCUT2D eigenvalue weighted by Gasteiger charge is 2.19. The first kappa shape index (κ1) is 9.04. The van der Waals surface area contributed by atoms with Gasteiger partial charge in [-0.1, -0.05) is 6.92 Å². The van der Waals surface area contributed by atoms with E-state index in [9.17, 15) is 4.79 Å². The molecule has 0 aromatic carbocycles. The Bertz CT molecular complexity index is 249. The van der Waals surface area contributed by atoms with Gasteiger partial charge in [0.1, 0.15) is 0 Å². The van der Waals surface area contributed by atoms with Crippen molar-refractivity contribution in [3.63, 3.8) is 0 Å². The maximum Gasteiger partial charge on any atom is 0.159 e. The Morgan fingerprint density at radius 1 is 1.67 bits per heavy atom. The van der Waals surface area contributed by atoms with Gasteiger partial charge in [-0.05, 0) is 30.1 Å². The Hall–Kier alpha value is -1.05. The highest BCUT2D eigenvalue weighted by molar-refractivity contribution is 5.96. The van der Waals surface area contributed by atoms with Crippen LogP contribution in [-0.4, -0.2) is 12.9 Å². The van der Waals surface area contributed by atoms with E-state index in [1.165, 1.54) is 0 Å². The summed E-state index contributed by atoms with van der Waals surface area (Å²) in [5, 5.41) is 0. The zero-order valence-corrected chi connectivity index (χ0v) is 7.76. The molecule has 0 saturated heterocycles. The first-order valence-corrected chi connectivity index (χ1v) is 4.09. The van der Waals surface area contributed by atoms with Crippen LogP contribution in [0.25, 0.3) is 0 Å². The lowest BCUT2D eigenvalue weighted by atomic mass is 9.87. The van der Waals surface area contributed by atoms with E-state index >= 15 is 0 Å². The second-order valence-corrected chi connectivity index (χ2v) is 3.21. The molecule has 0 bridgehead atoms.